The number of nitrogens with one attached hydrogen (secondary N) is 4. The second kappa shape index (κ2) is 24.4. The molecule has 5 heterocycles. The summed E-state index contributed by atoms with van der Waals surface area (Å²) in [4.78, 5) is 116. The first-order valence-corrected chi connectivity index (χ1v) is 26.2. The summed E-state index contributed by atoms with van der Waals surface area (Å²) in [6.07, 6.45) is 9.04. The van der Waals surface area contributed by atoms with Gasteiger partial charge in [0, 0.05) is 53.0 Å². The number of carbonyl (C=O) groups is 8. The summed E-state index contributed by atoms with van der Waals surface area (Å²) in [5.41, 5.74) is 6.46. The zero-order chi connectivity index (χ0) is 58.5. The van der Waals surface area contributed by atoms with Gasteiger partial charge < -0.3 is 50.4 Å². The smallest absolute Gasteiger partial charge is 0.419 e. The standard InChI is InChI=1S/C28H29N7O7.C27H30N6O7/c1-15-6-7-18(25(37)33-22-5-4-10-29-22)11-21(15)32-24-23-16(2)20(12-34(23)31-13-30-24)26(38)35(19-8-9-19)28(40)42-14-41-27(39)17(3)36;1-14-4-5-17(24(35)30-18-6-7-18)10-21(14)31-23-22-15(2)20(11-32(22)29-12-28-23)25(36)33(19-8-9-19)27(38)40-13-39-26(37)16(3)34/h4-7,11-13,17,19,36H,8-10,14H2,1-3H3,(H,29,33,37)(H,30,31,32);4-5,10-12,16,18-19,34H,6-9,13H2,1-3H3,(H,30,35)(H,28,29,31). The Hall–Kier alpha value is -9.63. The molecule has 27 nitrogen and oxygen atoms in total. The molecule has 2 unspecified atom stereocenters. The molecule has 0 bridgehead atoms. The van der Waals surface area contributed by atoms with Crippen molar-refractivity contribution in [3.63, 3.8) is 0 Å². The first-order chi connectivity index (χ1) is 39.3. The van der Waals surface area contributed by atoms with Crippen molar-refractivity contribution >= 4 is 87.6 Å². The Labute approximate surface area is 467 Å². The number of anilines is 4. The molecule has 3 aliphatic carbocycles. The van der Waals surface area contributed by atoms with Crippen molar-refractivity contribution in [2.24, 2.45) is 4.99 Å². The number of esters is 2. The fraction of sp³-hybridized carbons (Fsp3) is 0.364. The first-order valence-electron chi connectivity index (χ1n) is 26.2. The predicted octanol–water partition coefficient (Wildman–Crippen LogP) is 5.02. The van der Waals surface area contributed by atoms with Gasteiger partial charge in [0.1, 0.15) is 41.7 Å². The molecule has 6 amide bonds. The van der Waals surface area contributed by atoms with Gasteiger partial charge >= 0.3 is 24.1 Å². The molecule has 2 atom stereocenters. The van der Waals surface area contributed by atoms with Gasteiger partial charge in [-0.25, -0.2) is 48.0 Å². The second-order valence-electron chi connectivity index (χ2n) is 19.9. The van der Waals surface area contributed by atoms with Crippen molar-refractivity contribution in [3.8, 4) is 0 Å². The minimum atomic E-state index is -1.38. The number of aliphatic hydroxyl groups excluding tert-OH is 2. The van der Waals surface area contributed by atoms with Crippen LogP contribution in [0.4, 0.5) is 32.6 Å². The number of fused-ring (bicyclic) bond motifs is 2. The fourth-order valence-electron chi connectivity index (χ4n) is 8.50. The Morgan fingerprint density at radius 3 is 1.49 bits per heavy atom. The van der Waals surface area contributed by atoms with Crippen LogP contribution in [-0.2, 0) is 28.5 Å². The number of rotatable bonds is 17. The number of carbonyl (C=O) groups excluding carboxylic acids is 8. The van der Waals surface area contributed by atoms with E-state index in [1.807, 2.05) is 26.0 Å². The van der Waals surface area contributed by atoms with E-state index in [1.165, 1.54) is 47.9 Å². The van der Waals surface area contributed by atoms with Crippen LogP contribution in [0, 0.1) is 27.7 Å². The number of amides is 6. The van der Waals surface area contributed by atoms with Crippen molar-refractivity contribution in [2.45, 2.75) is 110 Å². The van der Waals surface area contributed by atoms with Crippen LogP contribution in [0.2, 0.25) is 0 Å². The third-order valence-electron chi connectivity index (χ3n) is 13.5. The van der Waals surface area contributed by atoms with E-state index >= 15 is 0 Å². The summed E-state index contributed by atoms with van der Waals surface area (Å²) in [6.45, 7) is 8.72. The SMILES string of the molecule is Cc1ccc(C(=O)NC2=NCC=C2)cc1Nc1ncnn2cc(C(=O)N(C(=O)OCOC(=O)C(C)O)C3CC3)c(C)c12.Cc1ccc(C(=O)NC2CC2)cc1Nc1ncnn2cc(C(=O)N(C(=O)OCOC(=O)C(C)O)C3CC3)c(C)c12. The van der Waals surface area contributed by atoms with E-state index in [1.54, 1.807) is 50.3 Å². The van der Waals surface area contributed by atoms with Gasteiger partial charge in [0.05, 0.1) is 17.7 Å². The summed E-state index contributed by atoms with van der Waals surface area (Å²) in [5.74, 6) is -2.24. The molecule has 0 spiro atoms. The Bertz CT molecular complexity index is 3600. The maximum absolute atomic E-state index is 13.6. The van der Waals surface area contributed by atoms with Crippen LogP contribution < -0.4 is 21.3 Å². The number of aliphatic imine (C=N–C) groups is 1. The van der Waals surface area contributed by atoms with Gasteiger partial charge in [-0.3, -0.25) is 24.2 Å². The molecular formula is C55H59N13O14. The Morgan fingerprint density at radius 2 is 1.09 bits per heavy atom. The lowest BCUT2D eigenvalue weighted by Gasteiger charge is -2.20. The van der Waals surface area contributed by atoms with Gasteiger partial charge in [-0.1, -0.05) is 18.2 Å². The third-order valence-corrected chi connectivity index (χ3v) is 13.5. The lowest BCUT2D eigenvalue weighted by Crippen LogP contribution is -2.40. The molecule has 3 saturated carbocycles. The number of amidine groups is 1. The first kappa shape index (κ1) is 57.1. The lowest BCUT2D eigenvalue weighted by atomic mass is 10.1. The third kappa shape index (κ3) is 13.2. The number of aliphatic hydroxyl groups is 2. The molecule has 1 aliphatic heterocycles. The molecule has 428 valence electrons. The van der Waals surface area contributed by atoms with Crippen LogP contribution in [0.1, 0.15) is 116 Å². The number of aryl methyl sites for hydroxylation is 4. The lowest BCUT2D eigenvalue weighted by molar-refractivity contribution is -0.162. The van der Waals surface area contributed by atoms with Crippen molar-refractivity contribution in [2.75, 3.05) is 30.8 Å². The summed E-state index contributed by atoms with van der Waals surface area (Å²) in [7, 11) is 0. The van der Waals surface area contributed by atoms with E-state index < -0.39 is 61.7 Å². The van der Waals surface area contributed by atoms with Gasteiger partial charge in [0.15, 0.2) is 11.6 Å². The number of aromatic nitrogens is 6. The van der Waals surface area contributed by atoms with Crippen LogP contribution in [0.25, 0.3) is 11.0 Å². The van der Waals surface area contributed by atoms with Gasteiger partial charge in [-0.2, -0.15) is 10.2 Å². The van der Waals surface area contributed by atoms with Crippen LogP contribution >= 0.6 is 0 Å². The zero-order valence-electron chi connectivity index (χ0n) is 45.5. The van der Waals surface area contributed by atoms with Gasteiger partial charge in [0.2, 0.25) is 13.6 Å². The maximum atomic E-state index is 13.6. The zero-order valence-corrected chi connectivity index (χ0v) is 45.5. The summed E-state index contributed by atoms with van der Waals surface area (Å²) < 4.78 is 22.3. The highest BCUT2D eigenvalue weighted by Gasteiger charge is 2.42. The quantitative estimate of drug-likeness (QED) is 0.0516. The molecule has 6 N–H and O–H groups in total. The van der Waals surface area contributed by atoms with E-state index in [2.05, 4.69) is 55.9 Å². The predicted molar refractivity (Wildman–Crippen MR) is 290 cm³/mol. The van der Waals surface area contributed by atoms with E-state index in [0.717, 1.165) is 33.8 Å². The Kier molecular flexibility index (Phi) is 17.0. The van der Waals surface area contributed by atoms with Crippen molar-refractivity contribution in [3.05, 3.63) is 118 Å². The van der Waals surface area contributed by atoms with Crippen molar-refractivity contribution < 1.29 is 67.5 Å². The fourth-order valence-corrected chi connectivity index (χ4v) is 8.50. The van der Waals surface area contributed by atoms with E-state index in [9.17, 15) is 48.6 Å². The van der Waals surface area contributed by atoms with Crippen LogP contribution in [0.15, 0.2) is 78.6 Å². The van der Waals surface area contributed by atoms with Crippen molar-refractivity contribution in [1.82, 2.24) is 49.6 Å². The Balaban J connectivity index is 0.000000198. The van der Waals surface area contributed by atoms with Crippen LogP contribution in [-0.4, -0.2) is 153 Å². The highest BCUT2D eigenvalue weighted by atomic mass is 16.7. The summed E-state index contributed by atoms with van der Waals surface area (Å²) >= 11 is 0. The normalized spacial score (nSPS) is 15.0. The molecule has 0 radical (unpaired) electrons. The molecule has 27 heteroatoms. The average molecular weight is 1130 g/mol. The molecule has 2 aromatic carbocycles. The number of hydrogen-bond donors (Lipinski definition) is 6. The monoisotopic (exact) mass is 1130 g/mol. The molecule has 3 fully saturated rings. The molecule has 82 heavy (non-hydrogen) atoms. The topological polar surface area (TPSA) is 341 Å². The number of hydrogen-bond acceptors (Lipinski definition) is 21. The Morgan fingerprint density at radius 1 is 0.634 bits per heavy atom. The van der Waals surface area contributed by atoms with E-state index in [0.29, 0.717) is 94.4 Å². The second-order valence-corrected chi connectivity index (χ2v) is 19.9. The summed E-state index contributed by atoms with van der Waals surface area (Å²) in [5, 5.41) is 39.2. The van der Waals surface area contributed by atoms with Gasteiger partial charge in [-0.15, -0.1) is 0 Å². The molecule has 0 saturated heterocycles. The molecule has 6 aromatic rings. The number of nitrogens with zero attached hydrogens (tertiary/aromatic N) is 9. The largest absolute Gasteiger partial charge is 0.426 e. The summed E-state index contributed by atoms with van der Waals surface area (Å²) in [6, 6.07) is 10.1. The minimum Gasteiger partial charge on any atom is -0.426 e. The number of ether oxygens (including phenoxy) is 4. The van der Waals surface area contributed by atoms with E-state index in [4.69, 9.17) is 9.47 Å². The van der Waals surface area contributed by atoms with Crippen molar-refractivity contribution in [1.29, 1.82) is 0 Å². The van der Waals surface area contributed by atoms with Gasteiger partial charge in [-0.05, 0) is 133 Å². The van der Waals surface area contributed by atoms with Crippen LogP contribution in [0.5, 0.6) is 0 Å². The minimum absolute atomic E-state index is 0.141. The number of benzene rings is 2. The molecule has 4 aliphatic rings. The maximum Gasteiger partial charge on any atom is 0.419 e. The highest BCUT2D eigenvalue weighted by Crippen LogP contribution is 2.35. The molecular weight excluding hydrogens is 1070 g/mol. The molecule has 10 rings (SSSR count). The van der Waals surface area contributed by atoms with E-state index in [-0.39, 0.29) is 41.1 Å². The van der Waals surface area contributed by atoms with Gasteiger partial charge in [0.25, 0.3) is 23.6 Å². The van der Waals surface area contributed by atoms with Crippen LogP contribution in [0.3, 0.4) is 0 Å². The molecule has 4 aromatic heterocycles. The highest BCUT2D eigenvalue weighted by molar-refractivity contribution is 6.11. The number of imide groups is 2. The average Bonchev–Trinajstić information content (AvgIpc) is 4.46.